The van der Waals surface area contributed by atoms with Gasteiger partial charge in [0.15, 0.2) is 5.50 Å². The summed E-state index contributed by atoms with van der Waals surface area (Å²) in [6.45, 7) is -0.245. The summed E-state index contributed by atoms with van der Waals surface area (Å²) in [4.78, 5) is 18.6. The highest BCUT2D eigenvalue weighted by molar-refractivity contribution is 6.20. The summed E-state index contributed by atoms with van der Waals surface area (Å²) in [7, 11) is 0. The maximum atomic E-state index is 9.31. The highest BCUT2D eigenvalue weighted by atomic mass is 35.5. The number of hydrogen-bond donors (Lipinski definition) is 0. The van der Waals surface area contributed by atoms with Gasteiger partial charge >= 0.3 is 0 Å². The van der Waals surface area contributed by atoms with Gasteiger partial charge in [-0.2, -0.15) is 4.91 Å². The van der Waals surface area contributed by atoms with Gasteiger partial charge in [0.05, 0.1) is 0 Å². The van der Waals surface area contributed by atoms with Crippen LogP contribution in [0.4, 0.5) is 0 Å². The lowest BCUT2D eigenvalue weighted by molar-refractivity contribution is 0.889. The van der Waals surface area contributed by atoms with Crippen LogP contribution in [0.25, 0.3) is 0 Å². The van der Waals surface area contributed by atoms with E-state index in [1.807, 2.05) is 0 Å². The zero-order chi connectivity index (χ0) is 5.70. The largest absolute Gasteiger partial charge is 0.188 e. The normalized spacial score (nSPS) is 12.7. The lowest BCUT2D eigenvalue weighted by Gasteiger charge is -1.84. The second-order valence-electron chi connectivity index (χ2n) is 0.852. The molecule has 0 saturated heterocycles. The summed E-state index contributed by atoms with van der Waals surface area (Å²) in [6.07, 6.45) is 0. The van der Waals surface area contributed by atoms with Gasteiger partial charge in [-0.05, 0) is 5.18 Å². The van der Waals surface area contributed by atoms with Gasteiger partial charge in [0.1, 0.15) is 6.54 Å². The summed E-state index contributed by atoms with van der Waals surface area (Å²) in [5.41, 5.74) is -0.988. The molecule has 0 spiro atoms. The predicted molar refractivity (Wildman–Crippen MR) is 26.1 cm³/mol. The van der Waals surface area contributed by atoms with Crippen molar-refractivity contribution in [2.24, 2.45) is 10.4 Å². The van der Waals surface area contributed by atoms with E-state index in [0.717, 1.165) is 0 Å². The Morgan fingerprint density at radius 2 is 2.14 bits per heavy atom. The highest BCUT2D eigenvalue weighted by Gasteiger charge is 1.99. The fraction of sp³-hybridized carbons (Fsp3) is 1.00. The zero-order valence-electron chi connectivity index (χ0n) is 3.37. The number of hydrogen-bond acceptors (Lipinski definition) is 4. The maximum absolute atomic E-state index is 9.31. The molecule has 0 fully saturated rings. The molecule has 1 unspecified atom stereocenters. The first-order valence-electron chi connectivity index (χ1n) is 1.57. The minimum absolute atomic E-state index is 0.245. The number of alkyl halides is 1. The van der Waals surface area contributed by atoms with Crippen LogP contribution in [0, 0.1) is 9.81 Å². The van der Waals surface area contributed by atoms with E-state index >= 15 is 0 Å². The van der Waals surface area contributed by atoms with E-state index in [9.17, 15) is 9.81 Å². The Kier molecular flexibility index (Phi) is 3.40. The molecule has 0 rings (SSSR count). The van der Waals surface area contributed by atoms with Crippen LogP contribution < -0.4 is 0 Å². The summed E-state index contributed by atoms with van der Waals surface area (Å²) >= 11 is 4.99. The Balaban J connectivity index is 3.15. The topological polar surface area (TPSA) is 58.9 Å². The molecule has 0 saturated carbocycles. The molecule has 7 heavy (non-hydrogen) atoms. The molecule has 0 aliphatic rings. The molecule has 1 atom stereocenters. The number of nitrogens with zero attached hydrogens (tertiary/aromatic N) is 2. The van der Waals surface area contributed by atoms with Gasteiger partial charge in [0, 0.05) is 0 Å². The minimum atomic E-state index is -0.988. The van der Waals surface area contributed by atoms with E-state index in [1.165, 1.54) is 0 Å². The van der Waals surface area contributed by atoms with Crippen molar-refractivity contribution >= 4 is 11.6 Å². The molecular weight excluding hydrogens is 119 g/mol. The van der Waals surface area contributed by atoms with Crippen LogP contribution in [0.1, 0.15) is 0 Å². The monoisotopic (exact) mass is 122 g/mol. The van der Waals surface area contributed by atoms with Gasteiger partial charge in [-0.1, -0.05) is 16.8 Å². The first-order chi connectivity index (χ1) is 3.31. The molecule has 0 radical (unpaired) electrons. The van der Waals surface area contributed by atoms with Crippen molar-refractivity contribution in [2.45, 2.75) is 5.50 Å². The third kappa shape index (κ3) is 3.32. The fourth-order valence-electron chi connectivity index (χ4n) is 0.0948. The Labute approximate surface area is 44.8 Å². The van der Waals surface area contributed by atoms with E-state index in [2.05, 4.69) is 10.4 Å². The molecule has 0 aromatic rings. The van der Waals surface area contributed by atoms with Crippen LogP contribution in [0.15, 0.2) is 10.4 Å². The first-order valence-corrected chi connectivity index (χ1v) is 2.00. The van der Waals surface area contributed by atoms with E-state index in [0.29, 0.717) is 0 Å². The van der Waals surface area contributed by atoms with Crippen LogP contribution in [-0.4, -0.2) is 12.0 Å². The summed E-state index contributed by atoms with van der Waals surface area (Å²) in [5, 5.41) is 4.63. The molecule has 0 bridgehead atoms. The second kappa shape index (κ2) is 3.67. The lowest BCUT2D eigenvalue weighted by Crippen LogP contribution is -1.94. The van der Waals surface area contributed by atoms with Crippen molar-refractivity contribution in [2.75, 3.05) is 6.54 Å². The van der Waals surface area contributed by atoms with E-state index < -0.39 is 5.50 Å². The summed E-state index contributed by atoms with van der Waals surface area (Å²) < 4.78 is 0. The van der Waals surface area contributed by atoms with E-state index in [1.54, 1.807) is 0 Å². The SMILES string of the molecule is O=NCC(Cl)N=O. The molecule has 0 aromatic carbocycles. The van der Waals surface area contributed by atoms with Gasteiger partial charge in [-0.3, -0.25) is 0 Å². The van der Waals surface area contributed by atoms with E-state index in [4.69, 9.17) is 11.6 Å². The molecule has 5 heteroatoms. The standard InChI is InChI=1S/C2H3ClN2O2/c3-2(5-7)1-4-6/h2H,1H2. The van der Waals surface area contributed by atoms with Crippen molar-refractivity contribution in [3.05, 3.63) is 9.81 Å². The van der Waals surface area contributed by atoms with Crippen molar-refractivity contribution in [1.29, 1.82) is 0 Å². The quantitative estimate of drug-likeness (QED) is 0.320. The highest BCUT2D eigenvalue weighted by Crippen LogP contribution is 1.94. The van der Waals surface area contributed by atoms with Crippen LogP contribution in [0.3, 0.4) is 0 Å². The molecule has 0 N–H and O–H groups in total. The van der Waals surface area contributed by atoms with Crippen molar-refractivity contribution < 1.29 is 0 Å². The Bertz CT molecular complexity index is 76.1. The first kappa shape index (κ1) is 6.49. The van der Waals surface area contributed by atoms with Gasteiger partial charge in [0.2, 0.25) is 0 Å². The van der Waals surface area contributed by atoms with Crippen LogP contribution in [-0.2, 0) is 0 Å². The maximum Gasteiger partial charge on any atom is 0.188 e. The number of halogens is 1. The van der Waals surface area contributed by atoms with Gasteiger partial charge in [-0.25, -0.2) is 0 Å². The summed E-state index contributed by atoms with van der Waals surface area (Å²) in [5.74, 6) is 0. The number of nitroso groups, excluding NO2 is 2. The third-order valence-corrected chi connectivity index (χ3v) is 0.557. The molecule has 40 valence electrons. The second-order valence-corrected chi connectivity index (χ2v) is 1.36. The van der Waals surface area contributed by atoms with Crippen molar-refractivity contribution in [3.63, 3.8) is 0 Å². The number of rotatable bonds is 3. The third-order valence-electron chi connectivity index (χ3n) is 0.340. The molecule has 0 aliphatic carbocycles. The van der Waals surface area contributed by atoms with Crippen molar-refractivity contribution in [3.8, 4) is 0 Å². The van der Waals surface area contributed by atoms with Gasteiger partial charge in [0.25, 0.3) is 0 Å². The van der Waals surface area contributed by atoms with Crippen LogP contribution in [0.5, 0.6) is 0 Å². The Hall–Kier alpha value is -0.510. The average molecular weight is 123 g/mol. The smallest absolute Gasteiger partial charge is 0.151 e. The molecule has 0 amide bonds. The Morgan fingerprint density at radius 3 is 2.29 bits per heavy atom. The minimum Gasteiger partial charge on any atom is -0.151 e. The zero-order valence-corrected chi connectivity index (χ0v) is 4.13. The fourth-order valence-corrected chi connectivity index (χ4v) is 0.151. The average Bonchev–Trinajstić information content (AvgIpc) is 1.68. The van der Waals surface area contributed by atoms with Crippen LogP contribution >= 0.6 is 11.6 Å². The van der Waals surface area contributed by atoms with E-state index in [-0.39, 0.29) is 6.54 Å². The molecular formula is C2H3ClN2O2. The molecule has 0 heterocycles. The summed E-state index contributed by atoms with van der Waals surface area (Å²) in [6, 6.07) is 0. The Morgan fingerprint density at radius 1 is 1.57 bits per heavy atom. The molecule has 0 aliphatic heterocycles. The van der Waals surface area contributed by atoms with Crippen molar-refractivity contribution in [1.82, 2.24) is 0 Å². The molecule has 4 nitrogen and oxygen atoms in total. The predicted octanol–water partition coefficient (Wildman–Crippen LogP) is 1.08. The van der Waals surface area contributed by atoms with Gasteiger partial charge < -0.3 is 0 Å². The lowest BCUT2D eigenvalue weighted by atomic mass is 10.7. The van der Waals surface area contributed by atoms with Gasteiger partial charge in [-0.15, -0.1) is 4.91 Å². The molecule has 0 aromatic heterocycles. The van der Waals surface area contributed by atoms with Crippen LogP contribution in [0.2, 0.25) is 0 Å².